The molecule has 0 amide bonds. The Hall–Kier alpha value is -3.54. The van der Waals surface area contributed by atoms with Crippen molar-refractivity contribution >= 4 is 28.2 Å². The van der Waals surface area contributed by atoms with Crippen molar-refractivity contribution in [3.63, 3.8) is 0 Å². The highest BCUT2D eigenvalue weighted by molar-refractivity contribution is 5.92. The molecule has 1 saturated heterocycles. The second-order valence-electron chi connectivity index (χ2n) is 7.23. The second kappa shape index (κ2) is 7.83. The van der Waals surface area contributed by atoms with Gasteiger partial charge in [0.25, 0.3) is 0 Å². The summed E-state index contributed by atoms with van der Waals surface area (Å²) in [4.78, 5) is 20.7. The van der Waals surface area contributed by atoms with Crippen molar-refractivity contribution in [2.24, 2.45) is 0 Å². The molecule has 144 valence electrons. The van der Waals surface area contributed by atoms with Crippen LogP contribution < -0.4 is 10.2 Å². The molecule has 29 heavy (non-hydrogen) atoms. The molecule has 0 bridgehead atoms. The molecule has 1 aromatic carbocycles. The third kappa shape index (κ3) is 3.74. The van der Waals surface area contributed by atoms with Gasteiger partial charge in [0.1, 0.15) is 11.6 Å². The summed E-state index contributed by atoms with van der Waals surface area (Å²) in [6.45, 7) is 2.18. The number of rotatable bonds is 4. The minimum absolute atomic E-state index is 0.650. The number of hydrogen-bond acceptors (Lipinski definition) is 6. The van der Waals surface area contributed by atoms with Gasteiger partial charge in [0, 0.05) is 36.4 Å². The first-order chi connectivity index (χ1) is 14.4. The molecule has 0 atom stereocenters. The number of fused-ring (bicyclic) bond motifs is 1. The highest BCUT2D eigenvalue weighted by Gasteiger charge is 2.13. The number of nitrogens with one attached hydrogen (secondary N) is 1. The molecule has 0 saturated carbocycles. The maximum absolute atomic E-state index is 4.78. The zero-order valence-corrected chi connectivity index (χ0v) is 16.1. The van der Waals surface area contributed by atoms with E-state index in [1.54, 1.807) is 12.4 Å². The summed E-state index contributed by atoms with van der Waals surface area (Å²) in [6, 6.07) is 16.0. The topological polar surface area (TPSA) is 66.8 Å². The first-order valence-electron chi connectivity index (χ1n) is 10.0. The van der Waals surface area contributed by atoms with Crippen LogP contribution in [0.5, 0.6) is 0 Å². The minimum Gasteiger partial charge on any atom is -0.357 e. The van der Waals surface area contributed by atoms with Gasteiger partial charge in [-0.1, -0.05) is 12.1 Å². The summed E-state index contributed by atoms with van der Waals surface area (Å²) in [7, 11) is 0. The summed E-state index contributed by atoms with van der Waals surface area (Å²) in [5.74, 6) is 2.46. The van der Waals surface area contributed by atoms with Crippen molar-refractivity contribution in [1.29, 1.82) is 0 Å². The van der Waals surface area contributed by atoms with Gasteiger partial charge in [0.05, 0.1) is 17.4 Å². The normalized spacial score (nSPS) is 14.1. The van der Waals surface area contributed by atoms with Crippen LogP contribution in [0.15, 0.2) is 67.1 Å². The monoisotopic (exact) mass is 382 g/mol. The molecule has 5 rings (SSSR count). The van der Waals surface area contributed by atoms with Crippen LogP contribution in [-0.4, -0.2) is 33.0 Å². The Kier molecular flexibility index (Phi) is 4.74. The van der Waals surface area contributed by atoms with Crippen LogP contribution in [0, 0.1) is 0 Å². The summed E-state index contributed by atoms with van der Waals surface area (Å²) in [6.07, 6.45) is 9.21. The third-order valence-electron chi connectivity index (χ3n) is 5.21. The zero-order chi connectivity index (χ0) is 19.5. The summed E-state index contributed by atoms with van der Waals surface area (Å²) < 4.78 is 0. The predicted molar refractivity (Wildman–Crippen MR) is 116 cm³/mol. The molecule has 1 aliphatic heterocycles. The predicted octanol–water partition coefficient (Wildman–Crippen LogP) is 4.82. The lowest BCUT2D eigenvalue weighted by atomic mass is 10.1. The SMILES string of the molecule is c1cncc(-c2nc(Nc3ccc(N4CCCCC4)nc3)c3ccccc3n2)c1. The van der Waals surface area contributed by atoms with E-state index in [4.69, 9.17) is 9.97 Å². The summed E-state index contributed by atoms with van der Waals surface area (Å²) in [5.41, 5.74) is 2.69. The fraction of sp³-hybridized carbons (Fsp3) is 0.217. The van der Waals surface area contributed by atoms with Crippen LogP contribution in [0.2, 0.25) is 0 Å². The Balaban J connectivity index is 1.48. The number of hydrogen-bond donors (Lipinski definition) is 1. The van der Waals surface area contributed by atoms with Crippen molar-refractivity contribution in [1.82, 2.24) is 19.9 Å². The highest BCUT2D eigenvalue weighted by Crippen LogP contribution is 2.27. The van der Waals surface area contributed by atoms with E-state index in [9.17, 15) is 0 Å². The van der Waals surface area contributed by atoms with Gasteiger partial charge >= 0.3 is 0 Å². The van der Waals surface area contributed by atoms with Crippen LogP contribution >= 0.6 is 0 Å². The molecule has 4 aromatic rings. The standard InChI is InChI=1S/C23H22N6/c1-4-13-29(14-5-1)21-11-10-18(16-25-21)26-23-19-8-2-3-9-20(19)27-22(28-23)17-7-6-12-24-15-17/h2-3,6-12,15-16H,1,4-5,13-14H2,(H,26,27,28). The molecule has 6 nitrogen and oxygen atoms in total. The van der Waals surface area contributed by atoms with Gasteiger partial charge in [-0.05, 0) is 55.7 Å². The number of pyridine rings is 2. The molecule has 0 spiro atoms. The first kappa shape index (κ1) is 17.6. The minimum atomic E-state index is 0.650. The molecular weight excluding hydrogens is 360 g/mol. The van der Waals surface area contributed by atoms with Crippen molar-refractivity contribution in [3.05, 3.63) is 67.1 Å². The van der Waals surface area contributed by atoms with Gasteiger partial charge in [0.2, 0.25) is 0 Å². The Labute approximate surface area is 169 Å². The van der Waals surface area contributed by atoms with Gasteiger partial charge in [-0.3, -0.25) is 4.98 Å². The number of anilines is 3. The Bertz CT molecular complexity index is 1110. The Morgan fingerprint density at radius 1 is 0.828 bits per heavy atom. The summed E-state index contributed by atoms with van der Waals surface area (Å²) in [5, 5.41) is 4.41. The Morgan fingerprint density at radius 2 is 1.72 bits per heavy atom. The number of piperidine rings is 1. The Morgan fingerprint density at radius 3 is 2.52 bits per heavy atom. The maximum Gasteiger partial charge on any atom is 0.163 e. The first-order valence-corrected chi connectivity index (χ1v) is 10.0. The van der Waals surface area contributed by atoms with Crippen molar-refractivity contribution in [2.45, 2.75) is 19.3 Å². The van der Waals surface area contributed by atoms with Crippen LogP contribution in [0.1, 0.15) is 19.3 Å². The van der Waals surface area contributed by atoms with E-state index in [0.29, 0.717) is 5.82 Å². The van der Waals surface area contributed by atoms with Crippen molar-refractivity contribution in [2.75, 3.05) is 23.3 Å². The quantitative estimate of drug-likeness (QED) is 0.546. The molecule has 0 aliphatic carbocycles. The average Bonchev–Trinajstić information content (AvgIpc) is 2.81. The van der Waals surface area contributed by atoms with Crippen molar-refractivity contribution in [3.8, 4) is 11.4 Å². The van der Waals surface area contributed by atoms with Gasteiger partial charge in [-0.15, -0.1) is 0 Å². The van der Waals surface area contributed by atoms with Gasteiger partial charge in [-0.2, -0.15) is 0 Å². The smallest absolute Gasteiger partial charge is 0.163 e. The van der Waals surface area contributed by atoms with Crippen LogP contribution in [0.4, 0.5) is 17.3 Å². The second-order valence-corrected chi connectivity index (χ2v) is 7.23. The van der Waals surface area contributed by atoms with Crippen LogP contribution in [0.3, 0.4) is 0 Å². The third-order valence-corrected chi connectivity index (χ3v) is 5.21. The van der Waals surface area contributed by atoms with E-state index in [1.165, 1.54) is 19.3 Å². The van der Waals surface area contributed by atoms with Gasteiger partial charge in [0.15, 0.2) is 5.82 Å². The van der Waals surface area contributed by atoms with E-state index in [1.807, 2.05) is 42.6 Å². The maximum atomic E-state index is 4.78. The lowest BCUT2D eigenvalue weighted by Crippen LogP contribution is -2.29. The number of para-hydroxylation sites is 1. The largest absolute Gasteiger partial charge is 0.357 e. The number of aromatic nitrogens is 4. The molecule has 1 aliphatic rings. The average molecular weight is 382 g/mol. The lowest BCUT2D eigenvalue weighted by Gasteiger charge is -2.27. The van der Waals surface area contributed by atoms with E-state index in [-0.39, 0.29) is 0 Å². The molecule has 1 fully saturated rings. The number of benzene rings is 1. The van der Waals surface area contributed by atoms with E-state index >= 15 is 0 Å². The fourth-order valence-electron chi connectivity index (χ4n) is 3.70. The number of nitrogens with zero attached hydrogens (tertiary/aromatic N) is 5. The molecule has 0 radical (unpaired) electrons. The van der Waals surface area contributed by atoms with Crippen LogP contribution in [-0.2, 0) is 0 Å². The van der Waals surface area contributed by atoms with Gasteiger partial charge in [-0.25, -0.2) is 15.0 Å². The van der Waals surface area contributed by atoms with E-state index in [2.05, 4.69) is 32.3 Å². The molecule has 0 unspecified atom stereocenters. The summed E-state index contributed by atoms with van der Waals surface area (Å²) >= 11 is 0. The molecule has 1 N–H and O–H groups in total. The van der Waals surface area contributed by atoms with Crippen molar-refractivity contribution < 1.29 is 0 Å². The molecule has 3 aromatic heterocycles. The van der Waals surface area contributed by atoms with E-state index in [0.717, 1.165) is 46.9 Å². The van der Waals surface area contributed by atoms with Gasteiger partial charge < -0.3 is 10.2 Å². The highest BCUT2D eigenvalue weighted by atomic mass is 15.2. The zero-order valence-electron chi connectivity index (χ0n) is 16.1. The van der Waals surface area contributed by atoms with E-state index < -0.39 is 0 Å². The molecule has 6 heteroatoms. The molecular formula is C23H22N6. The van der Waals surface area contributed by atoms with Crippen LogP contribution in [0.25, 0.3) is 22.3 Å². The lowest BCUT2D eigenvalue weighted by molar-refractivity contribution is 0.573. The molecule has 4 heterocycles. The fourth-order valence-corrected chi connectivity index (χ4v) is 3.70.